The molecular formula is C49H42N8O5S. The number of nitriles is 2. The molecule has 9 rings (SSSR count). The molecule has 63 heavy (non-hydrogen) atoms. The molecule has 3 aromatic heterocycles. The molecule has 0 radical (unpaired) electrons. The minimum absolute atomic E-state index is 0.000133. The van der Waals surface area contributed by atoms with Crippen LogP contribution < -0.4 is 26.2 Å². The number of aromatic nitrogens is 2. The first kappa shape index (κ1) is 42.1. The summed E-state index contributed by atoms with van der Waals surface area (Å²) in [5.74, 6) is -0.360. The predicted molar refractivity (Wildman–Crippen MR) is 245 cm³/mol. The van der Waals surface area contributed by atoms with Gasteiger partial charge >= 0.3 is 0 Å². The maximum Gasteiger partial charge on any atom is 0.271 e. The van der Waals surface area contributed by atoms with Gasteiger partial charge in [-0.1, -0.05) is 103 Å². The van der Waals surface area contributed by atoms with Crippen LogP contribution in [0.2, 0.25) is 0 Å². The lowest BCUT2D eigenvalue weighted by atomic mass is 10.1. The summed E-state index contributed by atoms with van der Waals surface area (Å²) in [7, 11) is 0. The summed E-state index contributed by atoms with van der Waals surface area (Å²) >= 11 is 1.42. The minimum atomic E-state index is -0.484. The molecule has 13 nitrogen and oxygen atoms in total. The third kappa shape index (κ3) is 8.63. The smallest absolute Gasteiger partial charge is 0.271 e. The van der Waals surface area contributed by atoms with Crippen molar-refractivity contribution in [2.75, 3.05) is 62.2 Å². The van der Waals surface area contributed by atoms with Gasteiger partial charge in [0.25, 0.3) is 17.0 Å². The zero-order valence-electron chi connectivity index (χ0n) is 34.3. The van der Waals surface area contributed by atoms with Crippen molar-refractivity contribution in [2.45, 2.75) is 13.1 Å². The van der Waals surface area contributed by atoms with Crippen molar-refractivity contribution in [1.29, 1.82) is 10.5 Å². The Hall–Kier alpha value is -7.65. The molecule has 7 aromatic rings. The second-order valence-corrected chi connectivity index (χ2v) is 16.0. The molecule has 1 amide bonds. The monoisotopic (exact) mass is 854 g/mol. The van der Waals surface area contributed by atoms with Gasteiger partial charge < -0.3 is 20.0 Å². The molecule has 0 aliphatic carbocycles. The zero-order valence-corrected chi connectivity index (χ0v) is 35.1. The SMILES string of the molecule is N#Cc1c(N2CCN(C(=O)c3cccs3)CC2)c2ccccc2n(CC(=O)c2ccccc2)c1=O.N#Cc1c(N2CCNCC2)c2ccccc2n(CC(=O)c2ccccc2)c1=O. The zero-order chi connectivity index (χ0) is 43.9. The summed E-state index contributed by atoms with van der Waals surface area (Å²) in [6.45, 7) is 4.79. The Labute approximate surface area is 366 Å². The Morgan fingerprint density at radius 2 is 1.00 bits per heavy atom. The summed E-state index contributed by atoms with van der Waals surface area (Å²) in [6.07, 6.45) is 0. The molecule has 5 heterocycles. The Morgan fingerprint density at radius 3 is 1.44 bits per heavy atom. The van der Waals surface area contributed by atoms with Crippen molar-refractivity contribution >= 4 is 62.0 Å². The number of hydrogen-bond donors (Lipinski definition) is 1. The number of ketones is 2. The largest absolute Gasteiger partial charge is 0.367 e. The van der Waals surface area contributed by atoms with Crippen LogP contribution in [0.4, 0.5) is 11.4 Å². The maximum absolute atomic E-state index is 13.5. The average Bonchev–Trinajstić information content (AvgIpc) is 3.89. The molecule has 0 saturated carbocycles. The number of Topliss-reactive ketones (excluding diaryl/α,β-unsaturated/α-hetero) is 2. The van der Waals surface area contributed by atoms with Crippen LogP contribution in [-0.4, -0.2) is 83.9 Å². The molecule has 2 aliphatic rings. The number of benzene rings is 4. The van der Waals surface area contributed by atoms with E-state index in [1.54, 1.807) is 59.5 Å². The number of anilines is 2. The van der Waals surface area contributed by atoms with Gasteiger partial charge in [0.1, 0.15) is 23.3 Å². The number of amides is 1. The van der Waals surface area contributed by atoms with Crippen LogP contribution in [0.15, 0.2) is 136 Å². The number of piperazine rings is 2. The first-order valence-corrected chi connectivity index (χ1v) is 21.5. The highest BCUT2D eigenvalue weighted by Crippen LogP contribution is 2.31. The lowest BCUT2D eigenvalue weighted by Crippen LogP contribution is -2.49. The predicted octanol–water partition coefficient (Wildman–Crippen LogP) is 5.95. The van der Waals surface area contributed by atoms with E-state index in [2.05, 4.69) is 22.4 Å². The molecule has 0 atom stereocenters. The first-order valence-electron chi connectivity index (χ1n) is 20.6. The molecule has 0 unspecified atom stereocenters. The highest BCUT2D eigenvalue weighted by atomic mass is 32.1. The van der Waals surface area contributed by atoms with Gasteiger partial charge in [0.15, 0.2) is 11.6 Å². The van der Waals surface area contributed by atoms with E-state index in [-0.39, 0.29) is 41.7 Å². The number of pyridine rings is 2. The van der Waals surface area contributed by atoms with Crippen molar-refractivity contribution in [3.05, 3.63) is 175 Å². The van der Waals surface area contributed by atoms with Crippen LogP contribution >= 0.6 is 11.3 Å². The molecule has 1 N–H and O–H groups in total. The quantitative estimate of drug-likeness (QED) is 0.172. The van der Waals surface area contributed by atoms with Crippen molar-refractivity contribution in [2.24, 2.45) is 0 Å². The minimum Gasteiger partial charge on any atom is -0.367 e. The fourth-order valence-corrected chi connectivity index (χ4v) is 8.94. The standard InChI is InChI=1S/C27H22N4O3S.C22H20N4O2/c28-17-21-25(29-12-14-30(15-13-29)27(34)24-11-6-16-35-24)20-9-4-5-10-22(20)31(26(21)33)18-23(32)19-7-2-1-3-8-19;23-14-18-21(25-12-10-24-11-13-25)17-8-4-5-9-19(17)26(22(18)28)15-20(27)16-6-2-1-3-7-16/h1-11,16H,12-15,18H2;1-9,24H,10-13,15H2. The summed E-state index contributed by atoms with van der Waals surface area (Å²) in [5, 5.41) is 26.5. The number of nitrogens with zero attached hydrogens (tertiary/aromatic N) is 7. The highest BCUT2D eigenvalue weighted by Gasteiger charge is 2.28. The lowest BCUT2D eigenvalue weighted by molar-refractivity contribution is 0.0751. The van der Waals surface area contributed by atoms with Gasteiger partial charge in [-0.05, 0) is 23.6 Å². The number of rotatable bonds is 9. The molecule has 2 saturated heterocycles. The number of nitrogens with one attached hydrogen (secondary N) is 1. The Morgan fingerprint density at radius 1 is 0.556 bits per heavy atom. The van der Waals surface area contributed by atoms with Crippen molar-refractivity contribution in [3.8, 4) is 12.1 Å². The van der Waals surface area contributed by atoms with E-state index in [1.165, 1.54) is 20.5 Å². The normalized spacial score (nSPS) is 13.8. The summed E-state index contributed by atoms with van der Waals surface area (Å²) in [5.41, 5.74) is 2.79. The van der Waals surface area contributed by atoms with E-state index in [9.17, 15) is 34.5 Å². The number of para-hydroxylation sites is 2. The van der Waals surface area contributed by atoms with Crippen LogP contribution in [0, 0.1) is 22.7 Å². The Bertz CT molecular complexity index is 3030. The van der Waals surface area contributed by atoms with Gasteiger partial charge in [-0.3, -0.25) is 33.1 Å². The van der Waals surface area contributed by atoms with Crippen LogP contribution in [0.1, 0.15) is 41.5 Å². The van der Waals surface area contributed by atoms with Gasteiger partial charge in [-0.25, -0.2) is 0 Å². The molecule has 2 fully saturated rings. The Balaban J connectivity index is 0.000000177. The second-order valence-electron chi connectivity index (χ2n) is 15.1. The van der Waals surface area contributed by atoms with E-state index in [4.69, 9.17) is 0 Å². The number of thiophene rings is 1. The van der Waals surface area contributed by atoms with Crippen molar-refractivity contribution < 1.29 is 14.4 Å². The fourth-order valence-electron chi connectivity index (χ4n) is 8.25. The second kappa shape index (κ2) is 19.0. The van der Waals surface area contributed by atoms with E-state index < -0.39 is 11.1 Å². The van der Waals surface area contributed by atoms with Gasteiger partial charge in [0.2, 0.25) is 0 Å². The third-order valence-electron chi connectivity index (χ3n) is 11.4. The molecule has 0 spiro atoms. The van der Waals surface area contributed by atoms with Crippen molar-refractivity contribution in [1.82, 2.24) is 19.4 Å². The highest BCUT2D eigenvalue weighted by molar-refractivity contribution is 7.12. The number of hydrogen-bond acceptors (Lipinski definition) is 11. The Kier molecular flexibility index (Phi) is 12.7. The molecule has 2 aliphatic heterocycles. The lowest BCUT2D eigenvalue weighted by Gasteiger charge is -2.37. The molecule has 314 valence electrons. The topological polar surface area (TPSA) is 165 Å². The van der Waals surface area contributed by atoms with Crippen molar-refractivity contribution in [3.63, 3.8) is 0 Å². The van der Waals surface area contributed by atoms with E-state index in [0.29, 0.717) is 64.6 Å². The molecule has 14 heteroatoms. The first-order chi connectivity index (χ1) is 30.8. The van der Waals surface area contributed by atoms with Gasteiger partial charge in [-0.2, -0.15) is 10.5 Å². The number of fused-ring (bicyclic) bond motifs is 2. The maximum atomic E-state index is 13.5. The average molecular weight is 855 g/mol. The van der Waals surface area contributed by atoms with Crippen LogP contribution in [-0.2, 0) is 13.1 Å². The van der Waals surface area contributed by atoms with E-state index in [0.717, 1.165) is 37.0 Å². The fraction of sp³-hybridized carbons (Fsp3) is 0.204. The van der Waals surface area contributed by atoms with Crippen LogP contribution in [0.3, 0.4) is 0 Å². The molecular weight excluding hydrogens is 813 g/mol. The molecule has 4 aromatic carbocycles. The number of carbonyl (C=O) groups excluding carboxylic acids is 3. The third-order valence-corrected chi connectivity index (χ3v) is 12.2. The van der Waals surface area contributed by atoms with Gasteiger partial charge in [-0.15, -0.1) is 11.3 Å². The van der Waals surface area contributed by atoms with E-state index >= 15 is 0 Å². The van der Waals surface area contributed by atoms with E-state index in [1.807, 2.05) is 77.0 Å². The van der Waals surface area contributed by atoms with Gasteiger partial charge in [0, 0.05) is 74.3 Å². The summed E-state index contributed by atoms with van der Waals surface area (Å²) in [6, 6.07) is 40.4. The van der Waals surface area contributed by atoms with Gasteiger partial charge in [0.05, 0.1) is 40.4 Å². The summed E-state index contributed by atoms with van der Waals surface area (Å²) < 4.78 is 2.82. The molecule has 0 bridgehead atoms. The number of carbonyl (C=O) groups is 3. The van der Waals surface area contributed by atoms with Crippen LogP contribution in [0.25, 0.3) is 21.8 Å². The summed E-state index contributed by atoms with van der Waals surface area (Å²) in [4.78, 5) is 71.6. The van der Waals surface area contributed by atoms with Crippen LogP contribution in [0.5, 0.6) is 0 Å².